The third-order valence-corrected chi connectivity index (χ3v) is 5.23. The highest BCUT2D eigenvalue weighted by Gasteiger charge is 2.17. The fourth-order valence-corrected chi connectivity index (χ4v) is 3.53. The lowest BCUT2D eigenvalue weighted by Gasteiger charge is -2.24. The van der Waals surface area contributed by atoms with Crippen LogP contribution < -0.4 is 14.4 Å². The Bertz CT molecular complexity index is 1070. The molecule has 2 aromatic carbocycles. The van der Waals surface area contributed by atoms with Crippen molar-refractivity contribution < 1.29 is 19.4 Å². The number of anilines is 1. The lowest BCUT2D eigenvalue weighted by atomic mass is 10.1. The van der Waals surface area contributed by atoms with Gasteiger partial charge < -0.3 is 19.5 Å². The van der Waals surface area contributed by atoms with Gasteiger partial charge in [0.15, 0.2) is 0 Å². The van der Waals surface area contributed by atoms with E-state index in [2.05, 4.69) is 27.5 Å². The second-order valence-electron chi connectivity index (χ2n) is 6.97. The number of hydrogen-bond acceptors (Lipinski definition) is 5. The highest BCUT2D eigenvalue weighted by atomic mass is 79.9. The van der Waals surface area contributed by atoms with Crippen molar-refractivity contribution in [2.45, 2.75) is 20.1 Å². The number of pyridine rings is 1. The van der Waals surface area contributed by atoms with Crippen LogP contribution in [0.1, 0.15) is 28.4 Å². The van der Waals surface area contributed by atoms with Crippen LogP contribution in [0.2, 0.25) is 0 Å². The number of carboxylic acid groups (broad SMARTS) is 1. The molecule has 0 saturated carbocycles. The largest absolute Gasteiger partial charge is 0.489 e. The topological polar surface area (TPSA) is 71.9 Å². The van der Waals surface area contributed by atoms with Crippen LogP contribution in [0.3, 0.4) is 0 Å². The molecule has 0 aliphatic heterocycles. The van der Waals surface area contributed by atoms with E-state index in [0.717, 1.165) is 21.3 Å². The third kappa shape index (κ3) is 6.11. The summed E-state index contributed by atoms with van der Waals surface area (Å²) in [5.74, 6) is 0.379. The predicted octanol–water partition coefficient (Wildman–Crippen LogP) is 5.71. The molecule has 6 nitrogen and oxygen atoms in total. The van der Waals surface area contributed by atoms with Gasteiger partial charge in [0.1, 0.15) is 30.3 Å². The van der Waals surface area contributed by atoms with Crippen molar-refractivity contribution in [1.82, 2.24) is 4.98 Å². The molecular formula is C25H25BrN2O4. The summed E-state index contributed by atoms with van der Waals surface area (Å²) >= 11 is 3.54. The van der Waals surface area contributed by atoms with E-state index >= 15 is 0 Å². The quantitative estimate of drug-likeness (QED) is 0.342. The zero-order valence-corrected chi connectivity index (χ0v) is 19.4. The van der Waals surface area contributed by atoms with Gasteiger partial charge in [-0.2, -0.15) is 4.98 Å². The lowest BCUT2D eigenvalue weighted by Crippen LogP contribution is -2.24. The maximum atomic E-state index is 11.5. The first-order valence-electron chi connectivity index (χ1n) is 10.2. The molecule has 0 amide bonds. The summed E-state index contributed by atoms with van der Waals surface area (Å²) in [6, 6.07) is 19.1. The van der Waals surface area contributed by atoms with Crippen LogP contribution in [0, 0.1) is 0 Å². The van der Waals surface area contributed by atoms with Crippen molar-refractivity contribution in [2.24, 2.45) is 0 Å². The number of benzene rings is 2. The van der Waals surface area contributed by atoms with Gasteiger partial charge in [-0.25, -0.2) is 4.79 Å². The van der Waals surface area contributed by atoms with E-state index in [9.17, 15) is 9.90 Å². The predicted molar refractivity (Wildman–Crippen MR) is 129 cm³/mol. The molecule has 0 bridgehead atoms. The fraction of sp³-hybridized carbons (Fsp3) is 0.200. The highest BCUT2D eigenvalue weighted by Crippen LogP contribution is 2.28. The second kappa shape index (κ2) is 11.3. The number of carbonyl (C=O) groups is 1. The fourth-order valence-electron chi connectivity index (χ4n) is 3.13. The summed E-state index contributed by atoms with van der Waals surface area (Å²) in [6.45, 7) is 7.44. The standard InChI is InChI=1S/C25H25BrN2O4/c1-3-14-31-24-21(25(29)30)11-13-23(27-24)28(4-2)16-19-15-20(26)10-12-22(19)32-17-18-8-6-5-7-9-18/h3,5-13,15H,1,4,14,16-17H2,2H3,(H,29,30). The zero-order chi connectivity index (χ0) is 22.9. The second-order valence-corrected chi connectivity index (χ2v) is 7.88. The molecule has 0 aliphatic carbocycles. The van der Waals surface area contributed by atoms with Crippen LogP contribution in [0.5, 0.6) is 11.6 Å². The number of ether oxygens (including phenoxy) is 2. The van der Waals surface area contributed by atoms with E-state index in [1.54, 1.807) is 12.1 Å². The Hall–Kier alpha value is -3.32. The van der Waals surface area contributed by atoms with E-state index in [0.29, 0.717) is 25.5 Å². The summed E-state index contributed by atoms with van der Waals surface area (Å²) in [4.78, 5) is 18.0. The molecule has 0 unspecified atom stereocenters. The Balaban J connectivity index is 1.85. The van der Waals surface area contributed by atoms with Crippen molar-refractivity contribution in [3.8, 4) is 11.6 Å². The average Bonchev–Trinajstić information content (AvgIpc) is 2.81. The molecule has 1 N–H and O–H groups in total. The SMILES string of the molecule is C=CCOc1nc(N(CC)Cc2cc(Br)ccc2OCc2ccccc2)ccc1C(=O)O. The van der Waals surface area contributed by atoms with Crippen molar-refractivity contribution in [3.05, 3.63) is 94.5 Å². The molecule has 1 aromatic heterocycles. The Labute approximate surface area is 196 Å². The van der Waals surface area contributed by atoms with Crippen LogP contribution in [0.25, 0.3) is 0 Å². The summed E-state index contributed by atoms with van der Waals surface area (Å²) in [5, 5.41) is 9.43. The van der Waals surface area contributed by atoms with Gasteiger partial charge in [0, 0.05) is 23.1 Å². The summed E-state index contributed by atoms with van der Waals surface area (Å²) in [6.07, 6.45) is 1.55. The molecule has 0 fully saturated rings. The van der Waals surface area contributed by atoms with Gasteiger partial charge >= 0.3 is 5.97 Å². The van der Waals surface area contributed by atoms with E-state index in [4.69, 9.17) is 9.47 Å². The van der Waals surface area contributed by atoms with Gasteiger partial charge in [-0.05, 0) is 42.8 Å². The molecule has 32 heavy (non-hydrogen) atoms. The molecule has 0 aliphatic rings. The number of nitrogens with zero attached hydrogens (tertiary/aromatic N) is 2. The van der Waals surface area contributed by atoms with Gasteiger partial charge in [0.2, 0.25) is 5.88 Å². The minimum atomic E-state index is -1.09. The number of carboxylic acids is 1. The molecule has 3 rings (SSSR count). The molecule has 0 saturated heterocycles. The lowest BCUT2D eigenvalue weighted by molar-refractivity contribution is 0.0692. The van der Waals surface area contributed by atoms with Crippen LogP contribution in [0.4, 0.5) is 5.82 Å². The van der Waals surface area contributed by atoms with Crippen molar-refractivity contribution in [2.75, 3.05) is 18.1 Å². The number of rotatable bonds is 11. The summed E-state index contributed by atoms with van der Waals surface area (Å²) < 4.78 is 12.5. The maximum Gasteiger partial charge on any atom is 0.341 e. The Morgan fingerprint density at radius 2 is 1.94 bits per heavy atom. The normalized spacial score (nSPS) is 10.4. The molecule has 166 valence electrons. The molecule has 7 heteroatoms. The first-order valence-corrected chi connectivity index (χ1v) is 11.0. The molecule has 0 radical (unpaired) electrons. The van der Waals surface area contributed by atoms with Gasteiger partial charge in [0.25, 0.3) is 0 Å². The zero-order valence-electron chi connectivity index (χ0n) is 17.8. The summed E-state index contributed by atoms with van der Waals surface area (Å²) in [7, 11) is 0. The molecule has 0 atom stereocenters. The number of hydrogen-bond donors (Lipinski definition) is 1. The average molecular weight is 497 g/mol. The minimum Gasteiger partial charge on any atom is -0.489 e. The van der Waals surface area contributed by atoms with Crippen molar-refractivity contribution in [1.29, 1.82) is 0 Å². The first kappa shape index (κ1) is 23.3. The molecule has 1 heterocycles. The summed E-state index contributed by atoms with van der Waals surface area (Å²) in [5.41, 5.74) is 2.08. The monoisotopic (exact) mass is 496 g/mol. The Morgan fingerprint density at radius 1 is 1.16 bits per heavy atom. The van der Waals surface area contributed by atoms with E-state index in [1.165, 1.54) is 6.07 Å². The minimum absolute atomic E-state index is 0.0148. The number of aromatic nitrogens is 1. The van der Waals surface area contributed by atoms with Crippen molar-refractivity contribution >= 4 is 27.7 Å². The van der Waals surface area contributed by atoms with Crippen LogP contribution in [0.15, 0.2) is 77.8 Å². The van der Waals surface area contributed by atoms with E-state index < -0.39 is 5.97 Å². The van der Waals surface area contributed by atoms with Crippen LogP contribution in [-0.4, -0.2) is 29.2 Å². The third-order valence-electron chi connectivity index (χ3n) is 4.74. The molecular weight excluding hydrogens is 472 g/mol. The van der Waals surface area contributed by atoms with Crippen molar-refractivity contribution in [3.63, 3.8) is 0 Å². The van der Waals surface area contributed by atoms with Crippen LogP contribution >= 0.6 is 15.9 Å². The number of halogens is 1. The molecule has 0 spiro atoms. The van der Waals surface area contributed by atoms with E-state index in [-0.39, 0.29) is 18.1 Å². The Morgan fingerprint density at radius 3 is 2.62 bits per heavy atom. The highest BCUT2D eigenvalue weighted by molar-refractivity contribution is 9.10. The van der Waals surface area contributed by atoms with Gasteiger partial charge in [0.05, 0.1) is 0 Å². The van der Waals surface area contributed by atoms with Gasteiger partial charge in [-0.3, -0.25) is 0 Å². The van der Waals surface area contributed by atoms with Gasteiger partial charge in [-0.1, -0.05) is 58.9 Å². The van der Waals surface area contributed by atoms with E-state index in [1.807, 2.05) is 60.4 Å². The maximum absolute atomic E-state index is 11.5. The molecule has 3 aromatic rings. The van der Waals surface area contributed by atoms with Crippen LogP contribution in [-0.2, 0) is 13.2 Å². The Kier molecular flexibility index (Phi) is 8.27. The smallest absolute Gasteiger partial charge is 0.341 e. The first-order chi connectivity index (χ1) is 15.5. The number of aromatic carboxylic acids is 1. The van der Waals surface area contributed by atoms with Gasteiger partial charge in [-0.15, -0.1) is 0 Å².